The number of hydrogen-bond acceptors (Lipinski definition) is 5. The molecule has 1 aromatic carbocycles. The first-order valence-electron chi connectivity index (χ1n) is 5.48. The molecule has 0 aliphatic heterocycles. The summed E-state index contributed by atoms with van der Waals surface area (Å²) in [5, 5.41) is 0.383. The summed E-state index contributed by atoms with van der Waals surface area (Å²) in [4.78, 5) is 15.7. The van der Waals surface area contributed by atoms with Crippen LogP contribution in [0.2, 0.25) is 5.02 Å². The zero-order valence-electron chi connectivity index (χ0n) is 10.4. The van der Waals surface area contributed by atoms with Crippen molar-refractivity contribution in [1.29, 1.82) is 0 Å². The summed E-state index contributed by atoms with van der Waals surface area (Å²) in [5.41, 5.74) is 6.07. The van der Waals surface area contributed by atoms with E-state index in [0.717, 1.165) is 4.47 Å². The van der Waals surface area contributed by atoms with Gasteiger partial charge in [-0.05, 0) is 24.3 Å². The normalized spacial score (nSPS) is 10.2. The second-order valence-electron chi connectivity index (χ2n) is 3.79. The lowest BCUT2D eigenvalue weighted by Gasteiger charge is -2.10. The molecular formula is C13H10BrClN2O3. The second kappa shape index (κ2) is 6.11. The molecule has 1 heterocycles. The Bertz CT molecular complexity index is 664. The van der Waals surface area contributed by atoms with E-state index in [0.29, 0.717) is 16.5 Å². The molecule has 0 aliphatic carbocycles. The van der Waals surface area contributed by atoms with Gasteiger partial charge >= 0.3 is 5.97 Å². The van der Waals surface area contributed by atoms with E-state index in [1.807, 2.05) is 0 Å². The summed E-state index contributed by atoms with van der Waals surface area (Å²) in [7, 11) is 1.27. The molecular weight excluding hydrogens is 348 g/mol. The number of halogens is 2. The van der Waals surface area contributed by atoms with Crippen LogP contribution in [0.1, 0.15) is 10.4 Å². The zero-order valence-corrected chi connectivity index (χ0v) is 12.7. The van der Waals surface area contributed by atoms with Gasteiger partial charge in [0, 0.05) is 4.47 Å². The van der Waals surface area contributed by atoms with Crippen LogP contribution in [-0.2, 0) is 4.74 Å². The minimum Gasteiger partial charge on any atom is -0.465 e. The van der Waals surface area contributed by atoms with E-state index in [1.165, 1.54) is 19.4 Å². The topological polar surface area (TPSA) is 74.4 Å². The molecule has 0 bridgehead atoms. The Balaban J connectivity index is 2.40. The van der Waals surface area contributed by atoms with Crippen LogP contribution in [0.15, 0.2) is 34.9 Å². The van der Waals surface area contributed by atoms with E-state index in [2.05, 4.69) is 25.7 Å². The van der Waals surface area contributed by atoms with Crippen molar-refractivity contribution in [1.82, 2.24) is 4.98 Å². The van der Waals surface area contributed by atoms with Crippen molar-refractivity contribution in [2.24, 2.45) is 0 Å². The standard InChI is InChI=1S/C13H10BrClN2O3/c1-19-13(18)9-5-8(16)6-17-12(9)20-11-3-2-7(14)4-10(11)15/h2-6H,16H2,1H3. The molecule has 104 valence electrons. The van der Waals surface area contributed by atoms with Crippen molar-refractivity contribution in [2.45, 2.75) is 0 Å². The Morgan fingerprint density at radius 1 is 1.40 bits per heavy atom. The van der Waals surface area contributed by atoms with Gasteiger partial charge in [0.1, 0.15) is 11.3 Å². The summed E-state index contributed by atoms with van der Waals surface area (Å²) in [6.07, 6.45) is 1.38. The van der Waals surface area contributed by atoms with Gasteiger partial charge in [-0.3, -0.25) is 0 Å². The Morgan fingerprint density at radius 2 is 2.15 bits per heavy atom. The van der Waals surface area contributed by atoms with Gasteiger partial charge in [0.2, 0.25) is 5.88 Å². The fraction of sp³-hybridized carbons (Fsp3) is 0.0769. The maximum atomic E-state index is 11.7. The summed E-state index contributed by atoms with van der Waals surface area (Å²) < 4.78 is 11.0. The van der Waals surface area contributed by atoms with E-state index in [9.17, 15) is 4.79 Å². The first kappa shape index (κ1) is 14.6. The van der Waals surface area contributed by atoms with Crippen molar-refractivity contribution < 1.29 is 14.3 Å². The molecule has 0 amide bonds. The smallest absolute Gasteiger partial charge is 0.343 e. The number of nitrogen functional groups attached to an aromatic ring is 1. The number of rotatable bonds is 3. The minimum absolute atomic E-state index is 0.0790. The lowest BCUT2D eigenvalue weighted by atomic mass is 10.2. The molecule has 0 unspecified atom stereocenters. The van der Waals surface area contributed by atoms with E-state index < -0.39 is 5.97 Å². The molecule has 0 fully saturated rings. The van der Waals surface area contributed by atoms with Gasteiger partial charge < -0.3 is 15.2 Å². The van der Waals surface area contributed by atoms with E-state index >= 15 is 0 Å². The summed E-state index contributed by atoms with van der Waals surface area (Å²) in [6.45, 7) is 0. The van der Waals surface area contributed by atoms with Gasteiger partial charge in [-0.1, -0.05) is 27.5 Å². The maximum absolute atomic E-state index is 11.7. The van der Waals surface area contributed by atoms with Gasteiger partial charge in [-0.15, -0.1) is 0 Å². The molecule has 0 atom stereocenters. The number of nitrogens with zero attached hydrogens (tertiary/aromatic N) is 1. The average molecular weight is 358 g/mol. The quantitative estimate of drug-likeness (QED) is 0.849. The van der Waals surface area contributed by atoms with Crippen LogP contribution in [0.3, 0.4) is 0 Å². The number of anilines is 1. The highest BCUT2D eigenvalue weighted by molar-refractivity contribution is 9.10. The number of aromatic nitrogens is 1. The molecule has 0 aliphatic rings. The number of hydrogen-bond donors (Lipinski definition) is 1. The number of carbonyl (C=O) groups is 1. The number of benzene rings is 1. The highest BCUT2D eigenvalue weighted by atomic mass is 79.9. The van der Waals surface area contributed by atoms with Crippen molar-refractivity contribution >= 4 is 39.2 Å². The fourth-order valence-electron chi connectivity index (χ4n) is 1.47. The van der Waals surface area contributed by atoms with Crippen LogP contribution in [-0.4, -0.2) is 18.1 Å². The largest absolute Gasteiger partial charge is 0.465 e. The fourth-order valence-corrected chi connectivity index (χ4v) is 2.18. The first-order valence-corrected chi connectivity index (χ1v) is 6.65. The van der Waals surface area contributed by atoms with Crippen LogP contribution < -0.4 is 10.5 Å². The molecule has 7 heteroatoms. The van der Waals surface area contributed by atoms with Crippen LogP contribution in [0.4, 0.5) is 5.69 Å². The highest BCUT2D eigenvalue weighted by Gasteiger charge is 2.17. The Labute approximate surface area is 128 Å². The van der Waals surface area contributed by atoms with Gasteiger partial charge in [0.05, 0.1) is 24.0 Å². The molecule has 5 nitrogen and oxygen atoms in total. The third kappa shape index (κ3) is 3.20. The Morgan fingerprint density at radius 3 is 2.80 bits per heavy atom. The van der Waals surface area contributed by atoms with Crippen molar-refractivity contribution in [2.75, 3.05) is 12.8 Å². The van der Waals surface area contributed by atoms with Crippen molar-refractivity contribution in [3.05, 3.63) is 45.5 Å². The number of esters is 1. The van der Waals surface area contributed by atoms with Gasteiger partial charge in [0.15, 0.2) is 0 Å². The molecule has 0 saturated carbocycles. The zero-order chi connectivity index (χ0) is 14.7. The van der Waals surface area contributed by atoms with Crippen LogP contribution in [0, 0.1) is 0 Å². The summed E-state index contributed by atoms with van der Waals surface area (Å²) in [6, 6.07) is 6.52. The average Bonchev–Trinajstić information content (AvgIpc) is 2.42. The predicted octanol–water partition coefficient (Wildman–Crippen LogP) is 3.66. The number of nitrogens with two attached hydrogens (primary N) is 1. The lowest BCUT2D eigenvalue weighted by Crippen LogP contribution is -2.06. The third-order valence-corrected chi connectivity index (χ3v) is 3.17. The summed E-state index contributed by atoms with van der Waals surface area (Å²) in [5.74, 6) is -0.138. The molecule has 2 rings (SSSR count). The van der Waals surface area contributed by atoms with Crippen molar-refractivity contribution in [3.8, 4) is 11.6 Å². The van der Waals surface area contributed by atoms with Gasteiger partial charge in [0.25, 0.3) is 0 Å². The monoisotopic (exact) mass is 356 g/mol. The first-order chi connectivity index (χ1) is 9.51. The van der Waals surface area contributed by atoms with Crippen molar-refractivity contribution in [3.63, 3.8) is 0 Å². The number of ether oxygens (including phenoxy) is 2. The molecule has 2 N–H and O–H groups in total. The maximum Gasteiger partial charge on any atom is 0.343 e. The van der Waals surface area contributed by atoms with Crippen LogP contribution in [0.5, 0.6) is 11.6 Å². The molecule has 1 aromatic heterocycles. The van der Waals surface area contributed by atoms with E-state index in [1.54, 1.807) is 18.2 Å². The molecule has 0 saturated heterocycles. The van der Waals surface area contributed by atoms with Crippen LogP contribution in [0.25, 0.3) is 0 Å². The van der Waals surface area contributed by atoms with E-state index in [-0.39, 0.29) is 11.4 Å². The van der Waals surface area contributed by atoms with Gasteiger partial charge in [-0.25, -0.2) is 9.78 Å². The molecule has 0 spiro atoms. The molecule has 20 heavy (non-hydrogen) atoms. The number of carbonyl (C=O) groups excluding carboxylic acids is 1. The Kier molecular flexibility index (Phi) is 4.46. The molecule has 2 aromatic rings. The molecule has 0 radical (unpaired) electrons. The predicted molar refractivity (Wildman–Crippen MR) is 79.2 cm³/mol. The SMILES string of the molecule is COC(=O)c1cc(N)cnc1Oc1ccc(Br)cc1Cl. The third-order valence-electron chi connectivity index (χ3n) is 2.38. The number of pyridine rings is 1. The second-order valence-corrected chi connectivity index (χ2v) is 5.11. The minimum atomic E-state index is -0.590. The van der Waals surface area contributed by atoms with E-state index in [4.69, 9.17) is 22.1 Å². The summed E-state index contributed by atoms with van der Waals surface area (Å²) >= 11 is 9.35. The lowest BCUT2D eigenvalue weighted by molar-refractivity contribution is 0.0597. The van der Waals surface area contributed by atoms with Crippen LogP contribution >= 0.6 is 27.5 Å². The highest BCUT2D eigenvalue weighted by Crippen LogP contribution is 2.32. The number of methoxy groups -OCH3 is 1. The van der Waals surface area contributed by atoms with Gasteiger partial charge in [-0.2, -0.15) is 0 Å². The Hall–Kier alpha value is -1.79.